The lowest BCUT2D eigenvalue weighted by Crippen LogP contribution is -2.12. The number of hydrogen-bond acceptors (Lipinski definition) is 8. The molecule has 9 heteroatoms. The molecule has 0 fully saturated rings. The Labute approximate surface area is 245 Å². The monoisotopic (exact) mass is 652 g/mol. The number of aliphatic hydroxyl groups is 1. The van der Waals surface area contributed by atoms with Gasteiger partial charge in [-0.25, -0.2) is 9.79 Å². The summed E-state index contributed by atoms with van der Waals surface area (Å²) < 4.78 is 18.0. The van der Waals surface area contributed by atoms with E-state index in [9.17, 15) is 15.2 Å². The average molecular weight is 653 g/mol. The number of rotatable bonds is 9. The SMILES string of the molecule is CCOC(=O)C1=C(O)C(=Cc2cc(I)c(OCc3ccccc3C#N)c(OCC)c2)SC1=Nc1ccccc1. The maximum atomic E-state index is 12.7. The van der Waals surface area contributed by atoms with Gasteiger partial charge < -0.3 is 19.3 Å². The number of aliphatic imine (C=N–C) groups is 1. The third-order valence-corrected chi connectivity index (χ3v) is 7.32. The molecule has 198 valence electrons. The molecular formula is C30H25IN2O5S. The van der Waals surface area contributed by atoms with E-state index in [1.807, 2.05) is 67.6 Å². The van der Waals surface area contributed by atoms with Crippen molar-refractivity contribution in [3.8, 4) is 17.6 Å². The number of esters is 1. The molecule has 0 unspecified atom stereocenters. The minimum atomic E-state index is -0.633. The average Bonchev–Trinajstić information content (AvgIpc) is 3.23. The van der Waals surface area contributed by atoms with Crippen molar-refractivity contribution in [3.63, 3.8) is 0 Å². The summed E-state index contributed by atoms with van der Waals surface area (Å²) in [5.74, 6) is 0.270. The van der Waals surface area contributed by atoms with Crippen LogP contribution in [0, 0.1) is 14.9 Å². The fraction of sp³-hybridized carbons (Fsp3) is 0.167. The number of aliphatic hydroxyl groups excluding tert-OH is 1. The third-order valence-electron chi connectivity index (χ3n) is 5.50. The zero-order valence-corrected chi connectivity index (χ0v) is 24.3. The third kappa shape index (κ3) is 6.82. The molecule has 0 bridgehead atoms. The zero-order valence-electron chi connectivity index (χ0n) is 21.3. The molecule has 7 nitrogen and oxygen atoms in total. The van der Waals surface area contributed by atoms with Crippen LogP contribution >= 0.6 is 34.4 Å². The van der Waals surface area contributed by atoms with Crippen LogP contribution in [0.4, 0.5) is 5.69 Å². The highest BCUT2D eigenvalue weighted by Crippen LogP contribution is 2.42. The largest absolute Gasteiger partial charge is 0.506 e. The Balaban J connectivity index is 1.69. The fourth-order valence-corrected chi connectivity index (χ4v) is 5.56. The highest BCUT2D eigenvalue weighted by molar-refractivity contribution is 14.1. The number of para-hydroxylation sites is 1. The van der Waals surface area contributed by atoms with E-state index in [1.165, 1.54) is 11.8 Å². The van der Waals surface area contributed by atoms with Gasteiger partial charge in [-0.2, -0.15) is 5.26 Å². The van der Waals surface area contributed by atoms with E-state index in [-0.39, 0.29) is 24.5 Å². The smallest absolute Gasteiger partial charge is 0.344 e. The Morgan fingerprint density at radius 3 is 2.54 bits per heavy atom. The van der Waals surface area contributed by atoms with E-state index in [0.717, 1.165) is 14.7 Å². The highest BCUT2D eigenvalue weighted by Gasteiger charge is 2.33. The van der Waals surface area contributed by atoms with Gasteiger partial charge in [0.15, 0.2) is 11.5 Å². The summed E-state index contributed by atoms with van der Waals surface area (Å²) in [6.07, 6.45) is 1.77. The van der Waals surface area contributed by atoms with Crippen LogP contribution in [0.5, 0.6) is 11.5 Å². The number of hydrogen-bond donors (Lipinski definition) is 1. The fourth-order valence-electron chi connectivity index (χ4n) is 3.74. The van der Waals surface area contributed by atoms with E-state index >= 15 is 0 Å². The Kier molecular flexibility index (Phi) is 9.68. The van der Waals surface area contributed by atoms with Crippen molar-refractivity contribution in [2.45, 2.75) is 20.5 Å². The second kappa shape index (κ2) is 13.4. The molecule has 0 aliphatic carbocycles. The standard InChI is InChI=1S/C30H25IN2O5S/c1-3-36-24-15-19(14-23(31)28(24)38-18-21-11-9-8-10-20(21)17-32)16-25-27(34)26(30(35)37-4-2)29(39-25)33-22-12-6-5-7-13-22/h5-16,34H,3-4,18H2,1-2H3. The first kappa shape index (κ1) is 28.3. The van der Waals surface area contributed by atoms with Crippen molar-refractivity contribution < 1.29 is 24.1 Å². The van der Waals surface area contributed by atoms with Gasteiger partial charge in [0.2, 0.25) is 0 Å². The van der Waals surface area contributed by atoms with Crippen LogP contribution in [0.2, 0.25) is 0 Å². The summed E-state index contributed by atoms with van der Waals surface area (Å²) in [5, 5.41) is 20.8. The first-order valence-electron chi connectivity index (χ1n) is 12.2. The van der Waals surface area contributed by atoms with E-state index in [4.69, 9.17) is 14.2 Å². The molecule has 3 aromatic carbocycles. The van der Waals surface area contributed by atoms with Crippen molar-refractivity contribution >= 4 is 57.1 Å². The van der Waals surface area contributed by atoms with E-state index in [2.05, 4.69) is 33.7 Å². The van der Waals surface area contributed by atoms with Gasteiger partial charge >= 0.3 is 5.97 Å². The molecule has 0 saturated carbocycles. The van der Waals surface area contributed by atoms with Gasteiger partial charge in [-0.3, -0.25) is 0 Å². The molecule has 1 heterocycles. The number of benzene rings is 3. The molecule has 39 heavy (non-hydrogen) atoms. The normalized spacial score (nSPS) is 14.9. The molecule has 1 aliphatic rings. The summed E-state index contributed by atoms with van der Waals surface area (Å²) in [4.78, 5) is 17.8. The minimum Gasteiger partial charge on any atom is -0.506 e. The van der Waals surface area contributed by atoms with Crippen LogP contribution in [-0.4, -0.2) is 29.3 Å². The molecular weight excluding hydrogens is 627 g/mol. The predicted octanol–water partition coefficient (Wildman–Crippen LogP) is 7.33. The van der Waals surface area contributed by atoms with Crippen molar-refractivity contribution in [2.75, 3.05) is 13.2 Å². The zero-order chi connectivity index (χ0) is 27.8. The number of halogens is 1. The molecule has 0 atom stereocenters. The van der Waals surface area contributed by atoms with Crippen LogP contribution in [-0.2, 0) is 16.1 Å². The number of carbonyl (C=O) groups is 1. The summed E-state index contributed by atoms with van der Waals surface area (Å²) in [5.41, 5.74) is 2.76. The van der Waals surface area contributed by atoms with Crippen LogP contribution in [0.1, 0.15) is 30.5 Å². The van der Waals surface area contributed by atoms with Crippen molar-refractivity contribution in [3.05, 3.63) is 103 Å². The summed E-state index contributed by atoms with van der Waals surface area (Å²) >= 11 is 3.36. The molecule has 0 saturated heterocycles. The molecule has 1 N–H and O–H groups in total. The van der Waals surface area contributed by atoms with E-state index in [0.29, 0.717) is 39.3 Å². The number of nitrogens with zero attached hydrogens (tertiary/aromatic N) is 2. The first-order valence-corrected chi connectivity index (χ1v) is 14.1. The molecule has 1 aliphatic heterocycles. The maximum Gasteiger partial charge on any atom is 0.344 e. The minimum absolute atomic E-state index is 0.0350. The predicted molar refractivity (Wildman–Crippen MR) is 161 cm³/mol. The Hall–Kier alpha value is -3.75. The van der Waals surface area contributed by atoms with Crippen molar-refractivity contribution in [1.29, 1.82) is 5.26 Å². The lowest BCUT2D eigenvalue weighted by Gasteiger charge is -2.15. The van der Waals surface area contributed by atoms with Crippen LogP contribution in [0.15, 0.2) is 88.0 Å². The number of thioether (sulfide) groups is 1. The van der Waals surface area contributed by atoms with Crippen LogP contribution in [0.3, 0.4) is 0 Å². The number of carbonyl (C=O) groups excluding carboxylic acids is 1. The van der Waals surface area contributed by atoms with Gasteiger partial charge in [-0.05, 0) is 78.4 Å². The molecule has 4 rings (SSSR count). The maximum absolute atomic E-state index is 12.7. The Morgan fingerprint density at radius 1 is 1.08 bits per heavy atom. The summed E-state index contributed by atoms with van der Waals surface area (Å²) in [6.45, 7) is 4.40. The molecule has 0 radical (unpaired) electrons. The molecule has 0 aromatic heterocycles. The van der Waals surface area contributed by atoms with Gasteiger partial charge in [-0.15, -0.1) is 0 Å². The van der Waals surface area contributed by atoms with Gasteiger partial charge in [0, 0.05) is 5.56 Å². The van der Waals surface area contributed by atoms with Gasteiger partial charge in [0.1, 0.15) is 23.0 Å². The van der Waals surface area contributed by atoms with E-state index in [1.54, 1.807) is 19.1 Å². The van der Waals surface area contributed by atoms with Gasteiger partial charge in [-0.1, -0.05) is 48.2 Å². The summed E-state index contributed by atoms with van der Waals surface area (Å²) in [7, 11) is 0. The molecule has 0 amide bonds. The van der Waals surface area contributed by atoms with Crippen LogP contribution in [0.25, 0.3) is 6.08 Å². The van der Waals surface area contributed by atoms with Crippen LogP contribution < -0.4 is 9.47 Å². The lowest BCUT2D eigenvalue weighted by atomic mass is 10.1. The number of ether oxygens (including phenoxy) is 3. The highest BCUT2D eigenvalue weighted by atomic mass is 127. The molecule has 3 aromatic rings. The first-order chi connectivity index (χ1) is 18.9. The van der Waals surface area contributed by atoms with Crippen molar-refractivity contribution in [2.24, 2.45) is 4.99 Å². The van der Waals surface area contributed by atoms with Crippen molar-refractivity contribution in [1.82, 2.24) is 0 Å². The lowest BCUT2D eigenvalue weighted by molar-refractivity contribution is -0.138. The molecule has 0 spiro atoms. The van der Waals surface area contributed by atoms with Gasteiger partial charge in [0.05, 0.1) is 39.0 Å². The Morgan fingerprint density at radius 2 is 1.82 bits per heavy atom. The van der Waals surface area contributed by atoms with Gasteiger partial charge in [0.25, 0.3) is 0 Å². The second-order valence-electron chi connectivity index (χ2n) is 8.13. The topological polar surface area (TPSA) is 101 Å². The number of nitriles is 1. The Bertz CT molecular complexity index is 1510. The summed E-state index contributed by atoms with van der Waals surface area (Å²) in [6, 6.07) is 22.4. The second-order valence-corrected chi connectivity index (χ2v) is 10.3. The van der Waals surface area contributed by atoms with E-state index < -0.39 is 5.97 Å². The quantitative estimate of drug-likeness (QED) is 0.191.